The molecular weight excluding hydrogens is 243 g/mol. The summed E-state index contributed by atoms with van der Waals surface area (Å²) in [7, 11) is 1.69. The van der Waals surface area contributed by atoms with Gasteiger partial charge in [-0.25, -0.2) is 0 Å². The minimum absolute atomic E-state index is 0.00273. The average molecular weight is 261 g/mol. The van der Waals surface area contributed by atoms with E-state index in [9.17, 15) is 13.2 Å². The monoisotopic (exact) mass is 261 g/mol. The van der Waals surface area contributed by atoms with Crippen LogP contribution in [0.15, 0.2) is 24.3 Å². The zero-order chi connectivity index (χ0) is 13.8. The van der Waals surface area contributed by atoms with Gasteiger partial charge in [0.25, 0.3) is 0 Å². The highest BCUT2D eigenvalue weighted by Gasteiger charge is 2.27. The van der Waals surface area contributed by atoms with Gasteiger partial charge in [-0.05, 0) is 38.1 Å². The van der Waals surface area contributed by atoms with Crippen LogP contribution in [0.5, 0.6) is 5.75 Å². The molecular formula is C13H18F3NO. The molecule has 0 aliphatic rings. The minimum atomic E-state index is -4.10. The lowest BCUT2D eigenvalue weighted by molar-refractivity contribution is -0.138. The molecule has 0 amide bonds. The lowest BCUT2D eigenvalue weighted by atomic mass is 10.1. The number of alkyl halides is 3. The van der Waals surface area contributed by atoms with Gasteiger partial charge >= 0.3 is 6.18 Å². The van der Waals surface area contributed by atoms with E-state index < -0.39 is 12.6 Å². The second-order valence-electron chi connectivity index (χ2n) is 4.57. The molecule has 1 aromatic rings. The van der Waals surface area contributed by atoms with Gasteiger partial charge in [-0.2, -0.15) is 13.2 Å². The number of nitrogens with zero attached hydrogens (tertiary/aromatic N) is 1. The summed E-state index contributed by atoms with van der Waals surface area (Å²) in [6.07, 6.45) is -4.23. The van der Waals surface area contributed by atoms with E-state index in [1.165, 1.54) is 0 Å². The van der Waals surface area contributed by atoms with Gasteiger partial charge in [0.1, 0.15) is 5.75 Å². The third-order valence-corrected chi connectivity index (χ3v) is 2.97. The largest absolute Gasteiger partial charge is 0.508 e. The fourth-order valence-corrected chi connectivity index (χ4v) is 1.65. The molecule has 1 unspecified atom stereocenters. The summed E-state index contributed by atoms with van der Waals surface area (Å²) in [5.74, 6) is 0.192. The number of benzene rings is 1. The third kappa shape index (κ3) is 5.40. The maximum absolute atomic E-state index is 12.1. The van der Waals surface area contributed by atoms with E-state index in [0.29, 0.717) is 6.42 Å². The number of aromatic hydroxyl groups is 1. The van der Waals surface area contributed by atoms with Crippen molar-refractivity contribution in [1.29, 1.82) is 0 Å². The first kappa shape index (κ1) is 14.8. The lowest BCUT2D eigenvalue weighted by Gasteiger charge is -2.25. The molecule has 0 aromatic heterocycles. The normalized spacial score (nSPS) is 13.9. The van der Waals surface area contributed by atoms with Crippen molar-refractivity contribution in [2.75, 3.05) is 13.6 Å². The first-order valence-corrected chi connectivity index (χ1v) is 5.83. The molecule has 0 heterocycles. The summed E-state index contributed by atoms with van der Waals surface area (Å²) in [5, 5.41) is 9.14. The first-order chi connectivity index (χ1) is 8.28. The Kier molecular flexibility index (Phi) is 5.02. The summed E-state index contributed by atoms with van der Waals surface area (Å²) >= 11 is 0. The lowest BCUT2D eigenvalue weighted by Crippen LogP contribution is -2.33. The maximum atomic E-state index is 12.1. The number of hydrogen-bond donors (Lipinski definition) is 1. The van der Waals surface area contributed by atoms with E-state index >= 15 is 0 Å². The molecule has 0 fully saturated rings. The Bertz CT molecular complexity index is 361. The summed E-state index contributed by atoms with van der Waals surface area (Å²) in [5.41, 5.74) is 0.999. The topological polar surface area (TPSA) is 23.5 Å². The van der Waals surface area contributed by atoms with E-state index in [0.717, 1.165) is 5.56 Å². The number of hydrogen-bond acceptors (Lipinski definition) is 2. The molecule has 0 spiro atoms. The van der Waals surface area contributed by atoms with Crippen molar-refractivity contribution in [3.05, 3.63) is 29.8 Å². The fourth-order valence-electron chi connectivity index (χ4n) is 1.65. The van der Waals surface area contributed by atoms with Gasteiger partial charge in [-0.15, -0.1) is 0 Å². The molecule has 0 aliphatic carbocycles. The smallest absolute Gasteiger partial charge is 0.390 e. The molecule has 0 bridgehead atoms. The fraction of sp³-hybridized carbons (Fsp3) is 0.538. The molecule has 1 rings (SSSR count). The van der Waals surface area contributed by atoms with Gasteiger partial charge in [0.2, 0.25) is 0 Å². The van der Waals surface area contributed by atoms with Crippen molar-refractivity contribution in [1.82, 2.24) is 4.90 Å². The highest BCUT2D eigenvalue weighted by molar-refractivity contribution is 5.26. The molecule has 0 saturated heterocycles. The highest BCUT2D eigenvalue weighted by Crippen LogP contribution is 2.20. The standard InChI is InChI=1S/C13H18F3NO/c1-10(17(2)8-7-13(14,15)16)9-11-3-5-12(18)6-4-11/h3-6,10,18H,7-9H2,1-2H3. The van der Waals surface area contributed by atoms with Crippen molar-refractivity contribution in [3.8, 4) is 5.75 Å². The zero-order valence-electron chi connectivity index (χ0n) is 10.5. The first-order valence-electron chi connectivity index (χ1n) is 5.83. The Labute approximate surface area is 105 Å². The predicted octanol–water partition coefficient (Wildman–Crippen LogP) is 3.21. The van der Waals surface area contributed by atoms with E-state index in [4.69, 9.17) is 5.11 Å². The van der Waals surface area contributed by atoms with Gasteiger partial charge in [0.15, 0.2) is 0 Å². The number of likely N-dealkylation sites (N-methyl/N-ethyl adjacent to an activating group) is 1. The second kappa shape index (κ2) is 6.09. The highest BCUT2D eigenvalue weighted by atomic mass is 19.4. The summed E-state index contributed by atoms with van der Waals surface area (Å²) in [6.45, 7) is 1.89. The van der Waals surface area contributed by atoms with Crippen molar-refractivity contribution in [2.24, 2.45) is 0 Å². The van der Waals surface area contributed by atoms with E-state index in [-0.39, 0.29) is 18.3 Å². The van der Waals surface area contributed by atoms with Gasteiger partial charge in [-0.1, -0.05) is 12.1 Å². The molecule has 0 radical (unpaired) electrons. The van der Waals surface area contributed by atoms with Crippen LogP contribution in [-0.2, 0) is 6.42 Å². The summed E-state index contributed by atoms with van der Waals surface area (Å²) in [4.78, 5) is 1.69. The van der Waals surface area contributed by atoms with E-state index in [2.05, 4.69) is 0 Å². The molecule has 1 N–H and O–H groups in total. The quantitative estimate of drug-likeness (QED) is 0.879. The van der Waals surface area contributed by atoms with Crippen molar-refractivity contribution < 1.29 is 18.3 Å². The van der Waals surface area contributed by atoms with Gasteiger partial charge in [0, 0.05) is 12.6 Å². The Morgan fingerprint density at radius 3 is 2.28 bits per heavy atom. The Morgan fingerprint density at radius 2 is 1.78 bits per heavy atom. The van der Waals surface area contributed by atoms with Gasteiger partial charge in [-0.3, -0.25) is 0 Å². The molecule has 18 heavy (non-hydrogen) atoms. The molecule has 1 aromatic carbocycles. The van der Waals surface area contributed by atoms with Crippen molar-refractivity contribution in [2.45, 2.75) is 32.0 Å². The van der Waals surface area contributed by atoms with Gasteiger partial charge < -0.3 is 10.0 Å². The molecule has 5 heteroatoms. The van der Waals surface area contributed by atoms with Crippen molar-refractivity contribution >= 4 is 0 Å². The number of rotatable bonds is 5. The predicted molar refractivity (Wildman–Crippen MR) is 64.6 cm³/mol. The van der Waals surface area contributed by atoms with Crippen LogP contribution in [0.4, 0.5) is 13.2 Å². The van der Waals surface area contributed by atoms with Crippen LogP contribution >= 0.6 is 0 Å². The minimum Gasteiger partial charge on any atom is -0.508 e. The maximum Gasteiger partial charge on any atom is 0.390 e. The summed E-state index contributed by atoms with van der Waals surface area (Å²) in [6, 6.07) is 6.75. The Balaban J connectivity index is 2.44. The van der Waals surface area contributed by atoms with Crippen LogP contribution in [0.1, 0.15) is 18.9 Å². The van der Waals surface area contributed by atoms with Crippen LogP contribution in [0.3, 0.4) is 0 Å². The van der Waals surface area contributed by atoms with Crippen molar-refractivity contribution in [3.63, 3.8) is 0 Å². The summed E-state index contributed by atoms with van der Waals surface area (Å²) < 4.78 is 36.3. The van der Waals surface area contributed by atoms with Crippen LogP contribution < -0.4 is 0 Å². The molecule has 1 atom stereocenters. The van der Waals surface area contributed by atoms with Crippen LogP contribution in [-0.4, -0.2) is 35.8 Å². The van der Waals surface area contributed by atoms with Crippen LogP contribution in [0.2, 0.25) is 0 Å². The van der Waals surface area contributed by atoms with E-state index in [1.54, 1.807) is 36.2 Å². The molecule has 2 nitrogen and oxygen atoms in total. The number of phenols is 1. The van der Waals surface area contributed by atoms with Crippen LogP contribution in [0, 0.1) is 0 Å². The second-order valence-corrected chi connectivity index (χ2v) is 4.57. The SMILES string of the molecule is CC(Cc1ccc(O)cc1)N(C)CCC(F)(F)F. The zero-order valence-corrected chi connectivity index (χ0v) is 10.5. The van der Waals surface area contributed by atoms with E-state index in [1.807, 2.05) is 6.92 Å². The third-order valence-electron chi connectivity index (χ3n) is 2.97. The number of halogens is 3. The Morgan fingerprint density at radius 1 is 1.22 bits per heavy atom. The molecule has 0 saturated carbocycles. The molecule has 102 valence electrons. The van der Waals surface area contributed by atoms with Crippen LogP contribution in [0.25, 0.3) is 0 Å². The average Bonchev–Trinajstić information content (AvgIpc) is 2.28. The Hall–Kier alpha value is -1.23. The molecule has 0 aliphatic heterocycles. The number of phenolic OH excluding ortho intramolecular Hbond substituents is 1. The van der Waals surface area contributed by atoms with Gasteiger partial charge in [0.05, 0.1) is 6.42 Å².